The number of ether oxygens (including phenoxy) is 1. The van der Waals surface area contributed by atoms with Gasteiger partial charge in [0.05, 0.1) is 19.2 Å². The minimum atomic E-state index is -0.612. The maximum Gasteiger partial charge on any atom is 0.243 e. The van der Waals surface area contributed by atoms with Crippen molar-refractivity contribution in [1.82, 2.24) is 5.32 Å². The Bertz CT molecular complexity index is 509. The fraction of sp³-hybridized carbons (Fsp3) is 0.500. The van der Waals surface area contributed by atoms with Crippen molar-refractivity contribution in [2.24, 2.45) is 11.7 Å². The zero-order chi connectivity index (χ0) is 16.5. The van der Waals surface area contributed by atoms with E-state index < -0.39 is 6.04 Å². The number of amides is 2. The summed E-state index contributed by atoms with van der Waals surface area (Å²) in [7, 11) is 0. The summed E-state index contributed by atoms with van der Waals surface area (Å²) < 4.78 is 5.50. The van der Waals surface area contributed by atoms with Gasteiger partial charge in [0, 0.05) is 11.8 Å². The zero-order valence-corrected chi connectivity index (χ0v) is 14.6. The van der Waals surface area contributed by atoms with Gasteiger partial charge in [0.1, 0.15) is 5.75 Å². The SMILES string of the molecule is CCCOc1cccc(NC(=O)CNC(=O)[C@@H](N)C(C)C)c1.Cl. The Hall–Kier alpha value is -1.79. The van der Waals surface area contributed by atoms with E-state index in [1.54, 1.807) is 18.2 Å². The third kappa shape index (κ3) is 7.85. The van der Waals surface area contributed by atoms with Crippen LogP contribution in [0.15, 0.2) is 24.3 Å². The minimum Gasteiger partial charge on any atom is -0.494 e. The highest BCUT2D eigenvalue weighted by atomic mass is 35.5. The fourth-order valence-electron chi connectivity index (χ4n) is 1.68. The molecule has 0 saturated carbocycles. The van der Waals surface area contributed by atoms with Gasteiger partial charge in [-0.3, -0.25) is 9.59 Å². The van der Waals surface area contributed by atoms with Crippen LogP contribution in [-0.2, 0) is 9.59 Å². The molecule has 23 heavy (non-hydrogen) atoms. The Morgan fingerprint density at radius 3 is 2.61 bits per heavy atom. The first-order valence-electron chi connectivity index (χ1n) is 7.50. The molecule has 0 aromatic heterocycles. The maximum absolute atomic E-state index is 11.8. The van der Waals surface area contributed by atoms with Crippen LogP contribution >= 0.6 is 12.4 Å². The van der Waals surface area contributed by atoms with E-state index in [2.05, 4.69) is 10.6 Å². The number of carbonyl (C=O) groups is 2. The van der Waals surface area contributed by atoms with Gasteiger partial charge >= 0.3 is 0 Å². The maximum atomic E-state index is 11.8. The van der Waals surface area contributed by atoms with Gasteiger partial charge in [0.15, 0.2) is 0 Å². The summed E-state index contributed by atoms with van der Waals surface area (Å²) in [5.41, 5.74) is 6.33. The van der Waals surface area contributed by atoms with E-state index >= 15 is 0 Å². The summed E-state index contributed by atoms with van der Waals surface area (Å²) in [4.78, 5) is 23.5. The van der Waals surface area contributed by atoms with Crippen molar-refractivity contribution in [2.75, 3.05) is 18.5 Å². The van der Waals surface area contributed by atoms with Crippen molar-refractivity contribution in [3.05, 3.63) is 24.3 Å². The van der Waals surface area contributed by atoms with Crippen LogP contribution in [0.1, 0.15) is 27.2 Å². The van der Waals surface area contributed by atoms with E-state index in [-0.39, 0.29) is 36.7 Å². The molecular weight excluding hydrogens is 318 g/mol. The van der Waals surface area contributed by atoms with E-state index in [4.69, 9.17) is 10.5 Å². The van der Waals surface area contributed by atoms with Crippen molar-refractivity contribution >= 4 is 29.9 Å². The van der Waals surface area contributed by atoms with Crippen LogP contribution in [0, 0.1) is 5.92 Å². The molecule has 1 rings (SSSR count). The number of rotatable bonds is 8. The Labute approximate surface area is 143 Å². The van der Waals surface area contributed by atoms with Crippen molar-refractivity contribution in [3.8, 4) is 5.75 Å². The minimum absolute atomic E-state index is 0. The van der Waals surface area contributed by atoms with Crippen LogP contribution in [0.4, 0.5) is 5.69 Å². The number of nitrogens with two attached hydrogens (primary N) is 1. The number of anilines is 1. The van der Waals surface area contributed by atoms with Crippen molar-refractivity contribution in [2.45, 2.75) is 33.2 Å². The quantitative estimate of drug-likeness (QED) is 0.672. The first-order chi connectivity index (χ1) is 10.4. The van der Waals surface area contributed by atoms with Crippen LogP contribution in [0.3, 0.4) is 0 Å². The molecule has 0 aliphatic rings. The largest absolute Gasteiger partial charge is 0.494 e. The van der Waals surface area contributed by atoms with Crippen LogP contribution < -0.4 is 21.1 Å². The molecule has 2 amide bonds. The predicted molar refractivity (Wildman–Crippen MR) is 93.9 cm³/mol. The van der Waals surface area contributed by atoms with Gasteiger partial charge in [-0.05, 0) is 24.5 Å². The lowest BCUT2D eigenvalue weighted by Crippen LogP contribution is -2.46. The summed E-state index contributed by atoms with van der Waals surface area (Å²) in [5.74, 6) is 0.0862. The van der Waals surface area contributed by atoms with E-state index in [0.29, 0.717) is 18.0 Å². The Morgan fingerprint density at radius 2 is 2.00 bits per heavy atom. The lowest BCUT2D eigenvalue weighted by Gasteiger charge is -2.15. The molecule has 0 bridgehead atoms. The molecule has 0 radical (unpaired) electrons. The zero-order valence-electron chi connectivity index (χ0n) is 13.8. The van der Waals surface area contributed by atoms with E-state index in [1.807, 2.05) is 26.8 Å². The molecule has 1 atom stereocenters. The third-order valence-corrected chi connectivity index (χ3v) is 3.03. The molecular formula is C16H26ClN3O3. The van der Waals surface area contributed by atoms with Crippen LogP contribution in [0.25, 0.3) is 0 Å². The van der Waals surface area contributed by atoms with Crippen molar-refractivity contribution < 1.29 is 14.3 Å². The average Bonchev–Trinajstić information content (AvgIpc) is 2.50. The summed E-state index contributed by atoms with van der Waals surface area (Å²) in [6.45, 7) is 6.24. The summed E-state index contributed by atoms with van der Waals surface area (Å²) in [5, 5.41) is 5.23. The summed E-state index contributed by atoms with van der Waals surface area (Å²) >= 11 is 0. The van der Waals surface area contributed by atoms with Crippen molar-refractivity contribution in [1.29, 1.82) is 0 Å². The number of nitrogens with one attached hydrogen (secondary N) is 2. The Balaban J connectivity index is 0.00000484. The van der Waals surface area contributed by atoms with Crippen molar-refractivity contribution in [3.63, 3.8) is 0 Å². The molecule has 0 spiro atoms. The van der Waals surface area contributed by atoms with Gasteiger partial charge in [-0.2, -0.15) is 0 Å². The fourth-order valence-corrected chi connectivity index (χ4v) is 1.68. The summed E-state index contributed by atoms with van der Waals surface area (Å²) in [6.07, 6.45) is 0.915. The molecule has 1 aromatic rings. The molecule has 0 saturated heterocycles. The van der Waals surface area contributed by atoms with Gasteiger partial charge in [0.25, 0.3) is 0 Å². The van der Waals surface area contributed by atoms with E-state index in [1.165, 1.54) is 0 Å². The molecule has 0 aliphatic carbocycles. The second-order valence-corrected chi connectivity index (χ2v) is 5.41. The molecule has 7 heteroatoms. The first kappa shape index (κ1) is 21.2. The van der Waals surface area contributed by atoms with Gasteiger partial charge in [-0.1, -0.05) is 26.8 Å². The van der Waals surface area contributed by atoms with Crippen LogP contribution in [-0.4, -0.2) is 31.0 Å². The summed E-state index contributed by atoms with van der Waals surface area (Å²) in [6, 6.07) is 6.52. The molecule has 0 aliphatic heterocycles. The Kier molecular flexibility index (Phi) is 10.0. The molecule has 130 valence electrons. The van der Waals surface area contributed by atoms with E-state index in [0.717, 1.165) is 6.42 Å². The second kappa shape index (κ2) is 10.9. The van der Waals surface area contributed by atoms with Crippen LogP contribution in [0.2, 0.25) is 0 Å². The highest BCUT2D eigenvalue weighted by molar-refractivity contribution is 5.95. The number of benzene rings is 1. The smallest absolute Gasteiger partial charge is 0.243 e. The number of hydrogen-bond donors (Lipinski definition) is 3. The van der Waals surface area contributed by atoms with E-state index in [9.17, 15) is 9.59 Å². The molecule has 0 unspecified atom stereocenters. The molecule has 1 aromatic carbocycles. The lowest BCUT2D eigenvalue weighted by molar-refractivity contribution is -0.125. The molecule has 0 heterocycles. The number of halogens is 1. The third-order valence-electron chi connectivity index (χ3n) is 3.03. The lowest BCUT2D eigenvalue weighted by atomic mass is 10.1. The average molecular weight is 344 g/mol. The second-order valence-electron chi connectivity index (χ2n) is 5.41. The monoisotopic (exact) mass is 343 g/mol. The van der Waals surface area contributed by atoms with Crippen LogP contribution in [0.5, 0.6) is 5.75 Å². The highest BCUT2D eigenvalue weighted by Gasteiger charge is 2.17. The first-order valence-corrected chi connectivity index (χ1v) is 7.50. The molecule has 6 nitrogen and oxygen atoms in total. The van der Waals surface area contributed by atoms with Gasteiger partial charge in [-0.15, -0.1) is 12.4 Å². The topological polar surface area (TPSA) is 93.5 Å². The standard InChI is InChI=1S/C16H25N3O3.ClH/c1-4-8-22-13-7-5-6-12(9-13)19-14(20)10-18-16(21)15(17)11(2)3;/h5-7,9,11,15H,4,8,10,17H2,1-3H3,(H,18,21)(H,19,20);1H/t15-;/m0./s1. The molecule has 0 fully saturated rings. The Morgan fingerprint density at radius 1 is 1.30 bits per heavy atom. The number of hydrogen-bond acceptors (Lipinski definition) is 4. The van der Waals surface area contributed by atoms with Gasteiger partial charge in [0.2, 0.25) is 11.8 Å². The number of carbonyl (C=O) groups excluding carboxylic acids is 2. The van der Waals surface area contributed by atoms with Gasteiger partial charge < -0.3 is 21.1 Å². The highest BCUT2D eigenvalue weighted by Crippen LogP contribution is 2.17. The molecule has 4 N–H and O–H groups in total. The normalized spacial score (nSPS) is 11.3. The predicted octanol–water partition coefficient (Wildman–Crippen LogP) is 1.94. The van der Waals surface area contributed by atoms with Gasteiger partial charge in [-0.25, -0.2) is 0 Å².